The molecule has 1 aromatic rings. The predicted molar refractivity (Wildman–Crippen MR) is 69.4 cm³/mol. The lowest BCUT2D eigenvalue weighted by atomic mass is 9.73. The largest absolute Gasteiger partial charge is 0.505 e. The second kappa shape index (κ2) is 4.96. The van der Waals surface area contributed by atoms with Gasteiger partial charge in [-0.3, -0.25) is 9.78 Å². The van der Waals surface area contributed by atoms with Gasteiger partial charge >= 0.3 is 0 Å². The molecule has 1 heterocycles. The lowest BCUT2D eigenvalue weighted by Gasteiger charge is -2.39. The van der Waals surface area contributed by atoms with E-state index in [0.717, 1.165) is 19.3 Å². The number of rotatable bonds is 2. The Labute approximate surface area is 107 Å². The van der Waals surface area contributed by atoms with Crippen LogP contribution in [0.2, 0.25) is 0 Å². The van der Waals surface area contributed by atoms with Crippen molar-refractivity contribution in [2.24, 2.45) is 5.41 Å². The first-order valence-corrected chi connectivity index (χ1v) is 6.44. The van der Waals surface area contributed by atoms with Crippen molar-refractivity contribution in [3.8, 4) is 5.75 Å². The molecule has 1 fully saturated rings. The van der Waals surface area contributed by atoms with E-state index in [-0.39, 0.29) is 23.1 Å². The fraction of sp³-hybridized carbons (Fsp3) is 0.571. The van der Waals surface area contributed by atoms with Crippen LogP contribution < -0.4 is 5.32 Å². The maximum absolute atomic E-state index is 12.1. The summed E-state index contributed by atoms with van der Waals surface area (Å²) >= 11 is 0. The number of aromatic nitrogens is 1. The second-order valence-electron chi connectivity index (χ2n) is 5.65. The van der Waals surface area contributed by atoms with Gasteiger partial charge in [-0.2, -0.15) is 0 Å². The molecule has 2 rings (SSSR count). The highest BCUT2D eigenvalue weighted by molar-refractivity contribution is 5.96. The number of carbonyl (C=O) groups is 1. The van der Waals surface area contributed by atoms with Gasteiger partial charge in [0, 0.05) is 12.2 Å². The zero-order valence-electron chi connectivity index (χ0n) is 10.9. The molecule has 98 valence electrons. The van der Waals surface area contributed by atoms with Crippen LogP contribution >= 0.6 is 0 Å². The van der Waals surface area contributed by atoms with Crippen molar-refractivity contribution in [2.45, 2.75) is 45.6 Å². The summed E-state index contributed by atoms with van der Waals surface area (Å²) in [7, 11) is 0. The fourth-order valence-corrected chi connectivity index (χ4v) is 2.58. The summed E-state index contributed by atoms with van der Waals surface area (Å²) in [4.78, 5) is 15.9. The highest BCUT2D eigenvalue weighted by atomic mass is 16.3. The molecule has 0 saturated heterocycles. The van der Waals surface area contributed by atoms with Crippen molar-refractivity contribution < 1.29 is 9.90 Å². The van der Waals surface area contributed by atoms with Gasteiger partial charge < -0.3 is 10.4 Å². The van der Waals surface area contributed by atoms with E-state index in [1.165, 1.54) is 18.8 Å². The summed E-state index contributed by atoms with van der Waals surface area (Å²) in [5, 5.41) is 12.7. The molecule has 0 aromatic carbocycles. The number of hydrogen-bond donors (Lipinski definition) is 2. The second-order valence-corrected chi connectivity index (χ2v) is 5.65. The molecule has 1 aliphatic carbocycles. The third kappa shape index (κ3) is 2.63. The third-order valence-electron chi connectivity index (χ3n) is 3.86. The Bertz CT molecular complexity index is 443. The topological polar surface area (TPSA) is 62.2 Å². The average molecular weight is 248 g/mol. The molecule has 0 bridgehead atoms. The Hall–Kier alpha value is -1.58. The number of carbonyl (C=O) groups excluding carboxylic acids is 1. The van der Waals surface area contributed by atoms with Crippen molar-refractivity contribution in [3.05, 3.63) is 24.0 Å². The number of nitrogens with zero attached hydrogens (tertiary/aromatic N) is 1. The Balaban J connectivity index is 2.10. The van der Waals surface area contributed by atoms with E-state index in [2.05, 4.69) is 24.1 Å². The van der Waals surface area contributed by atoms with Crippen molar-refractivity contribution in [2.75, 3.05) is 0 Å². The van der Waals surface area contributed by atoms with E-state index in [1.54, 1.807) is 6.07 Å². The first-order valence-electron chi connectivity index (χ1n) is 6.44. The van der Waals surface area contributed by atoms with Crippen LogP contribution in [0.5, 0.6) is 5.75 Å². The number of nitrogens with one attached hydrogen (secondary N) is 1. The van der Waals surface area contributed by atoms with Crippen LogP contribution in [0.1, 0.15) is 49.9 Å². The third-order valence-corrected chi connectivity index (χ3v) is 3.86. The highest BCUT2D eigenvalue weighted by Gasteiger charge is 2.33. The molecule has 1 amide bonds. The molecule has 2 N–H and O–H groups in total. The summed E-state index contributed by atoms with van der Waals surface area (Å²) in [6.07, 6.45) is 7.31. The number of amides is 1. The Morgan fingerprint density at radius 2 is 2.28 bits per heavy atom. The standard InChI is InChI=1S/C14H20N2O2/c1-14(2)7-4-3-5-12(14)16-13(18)10-6-8-15-9-11(10)17/h6,8-9,12,17H,3-5,7H2,1-2H3,(H,16,18). The van der Waals surface area contributed by atoms with Crippen LogP contribution in [0.25, 0.3) is 0 Å². The Morgan fingerprint density at radius 3 is 2.94 bits per heavy atom. The molecule has 18 heavy (non-hydrogen) atoms. The molecule has 0 radical (unpaired) electrons. The minimum absolute atomic E-state index is 0.0661. The van der Waals surface area contributed by atoms with Crippen LogP contribution in [0, 0.1) is 5.41 Å². The summed E-state index contributed by atoms with van der Waals surface area (Å²) in [6.45, 7) is 4.37. The number of hydrogen-bond acceptors (Lipinski definition) is 3. The predicted octanol–water partition coefficient (Wildman–Crippen LogP) is 2.49. The summed E-state index contributed by atoms with van der Waals surface area (Å²) in [6, 6.07) is 1.71. The Kier molecular flexibility index (Phi) is 3.55. The first kappa shape index (κ1) is 12.9. The minimum Gasteiger partial charge on any atom is -0.505 e. The lowest BCUT2D eigenvalue weighted by Crippen LogP contribution is -2.46. The lowest BCUT2D eigenvalue weighted by molar-refractivity contribution is 0.0850. The van der Waals surface area contributed by atoms with Gasteiger partial charge in [0.1, 0.15) is 5.75 Å². The van der Waals surface area contributed by atoms with Gasteiger partial charge in [0.15, 0.2) is 0 Å². The van der Waals surface area contributed by atoms with Crippen molar-refractivity contribution in [1.29, 1.82) is 0 Å². The van der Waals surface area contributed by atoms with Crippen LogP contribution in [0.3, 0.4) is 0 Å². The van der Waals surface area contributed by atoms with Crippen LogP contribution in [-0.2, 0) is 0 Å². The summed E-state index contributed by atoms with van der Waals surface area (Å²) in [5.41, 5.74) is 0.419. The van der Waals surface area contributed by atoms with E-state index in [0.29, 0.717) is 5.56 Å². The van der Waals surface area contributed by atoms with Crippen LogP contribution in [0.4, 0.5) is 0 Å². The van der Waals surface area contributed by atoms with Gasteiger partial charge in [-0.25, -0.2) is 0 Å². The van der Waals surface area contributed by atoms with Crippen LogP contribution in [0.15, 0.2) is 18.5 Å². The van der Waals surface area contributed by atoms with Gasteiger partial charge in [0.2, 0.25) is 0 Å². The van der Waals surface area contributed by atoms with E-state index in [4.69, 9.17) is 0 Å². The first-order chi connectivity index (χ1) is 8.50. The average Bonchev–Trinajstić information content (AvgIpc) is 2.32. The summed E-state index contributed by atoms with van der Waals surface area (Å²) in [5.74, 6) is -0.279. The fourth-order valence-electron chi connectivity index (χ4n) is 2.58. The zero-order chi connectivity index (χ0) is 13.2. The normalized spacial score (nSPS) is 22.4. The highest BCUT2D eigenvalue weighted by Crippen LogP contribution is 2.35. The van der Waals surface area contributed by atoms with Crippen molar-refractivity contribution in [3.63, 3.8) is 0 Å². The molecule has 1 saturated carbocycles. The van der Waals surface area contributed by atoms with Crippen molar-refractivity contribution >= 4 is 5.91 Å². The smallest absolute Gasteiger partial charge is 0.255 e. The molecule has 1 atom stereocenters. The van der Waals surface area contributed by atoms with E-state index >= 15 is 0 Å². The molecule has 1 aromatic heterocycles. The molecule has 0 spiro atoms. The van der Waals surface area contributed by atoms with Crippen LogP contribution in [-0.4, -0.2) is 22.0 Å². The molecule has 1 aliphatic rings. The monoisotopic (exact) mass is 248 g/mol. The maximum atomic E-state index is 12.1. The van der Waals surface area contributed by atoms with E-state index in [1.807, 2.05) is 0 Å². The number of pyridine rings is 1. The molecular weight excluding hydrogens is 228 g/mol. The molecular formula is C14H20N2O2. The van der Waals surface area contributed by atoms with Gasteiger partial charge in [-0.15, -0.1) is 0 Å². The quantitative estimate of drug-likeness (QED) is 0.845. The Morgan fingerprint density at radius 1 is 1.50 bits per heavy atom. The minimum atomic E-state index is -0.213. The van der Waals surface area contributed by atoms with Gasteiger partial charge in [-0.1, -0.05) is 26.7 Å². The number of aromatic hydroxyl groups is 1. The SMILES string of the molecule is CC1(C)CCCCC1NC(=O)c1ccncc1O. The summed E-state index contributed by atoms with van der Waals surface area (Å²) < 4.78 is 0. The molecule has 1 unspecified atom stereocenters. The molecule has 0 aliphatic heterocycles. The van der Waals surface area contributed by atoms with E-state index in [9.17, 15) is 9.90 Å². The van der Waals surface area contributed by atoms with Gasteiger partial charge in [0.05, 0.1) is 11.8 Å². The van der Waals surface area contributed by atoms with Gasteiger partial charge in [0.25, 0.3) is 5.91 Å². The maximum Gasteiger partial charge on any atom is 0.255 e. The van der Waals surface area contributed by atoms with E-state index < -0.39 is 0 Å². The zero-order valence-corrected chi connectivity index (χ0v) is 10.9. The van der Waals surface area contributed by atoms with Crippen molar-refractivity contribution in [1.82, 2.24) is 10.3 Å². The molecule has 4 heteroatoms. The van der Waals surface area contributed by atoms with Gasteiger partial charge in [-0.05, 0) is 24.3 Å². The molecule has 4 nitrogen and oxygen atoms in total.